The second kappa shape index (κ2) is 6.45. The summed E-state index contributed by atoms with van der Waals surface area (Å²) in [7, 11) is 0. The quantitative estimate of drug-likeness (QED) is 0.910. The molecule has 0 amide bonds. The molecule has 0 spiro atoms. The maximum Gasteiger partial charge on any atom is 0.336 e. The largest absolute Gasteiger partial charge is 0.478 e. The van der Waals surface area contributed by atoms with Crippen LogP contribution in [0.25, 0.3) is 0 Å². The highest BCUT2D eigenvalue weighted by Crippen LogP contribution is 2.29. The highest BCUT2D eigenvalue weighted by atomic mass is 16.5. The van der Waals surface area contributed by atoms with Crippen molar-refractivity contribution >= 4 is 11.7 Å². The molecule has 5 nitrogen and oxygen atoms in total. The van der Waals surface area contributed by atoms with Crippen molar-refractivity contribution in [2.24, 2.45) is 0 Å². The van der Waals surface area contributed by atoms with Crippen molar-refractivity contribution in [3.63, 3.8) is 0 Å². The van der Waals surface area contributed by atoms with Crippen molar-refractivity contribution in [3.05, 3.63) is 29.3 Å². The van der Waals surface area contributed by atoms with Gasteiger partial charge in [-0.25, -0.2) is 4.79 Å². The molecule has 114 valence electrons. The van der Waals surface area contributed by atoms with Crippen molar-refractivity contribution in [1.29, 1.82) is 0 Å². The van der Waals surface area contributed by atoms with E-state index in [9.17, 15) is 9.90 Å². The molecule has 1 aromatic rings. The van der Waals surface area contributed by atoms with Crippen LogP contribution < -0.4 is 4.90 Å². The number of anilines is 1. The molecule has 0 aromatic heterocycles. The lowest BCUT2D eigenvalue weighted by Crippen LogP contribution is -2.42. The molecule has 0 saturated carbocycles. The molecule has 0 aliphatic carbocycles. The summed E-state index contributed by atoms with van der Waals surface area (Å²) in [5.74, 6) is -0.818. The molecule has 1 N–H and O–H groups in total. The molecule has 1 saturated heterocycles. The van der Waals surface area contributed by atoms with E-state index in [1.807, 2.05) is 6.07 Å². The molecule has 3 rings (SSSR count). The van der Waals surface area contributed by atoms with Crippen LogP contribution in [0.15, 0.2) is 18.2 Å². The number of carboxylic acids is 1. The van der Waals surface area contributed by atoms with E-state index in [-0.39, 0.29) is 0 Å². The molecule has 2 heterocycles. The van der Waals surface area contributed by atoms with Crippen LogP contribution in [-0.4, -0.2) is 61.9 Å². The van der Waals surface area contributed by atoms with E-state index in [4.69, 9.17) is 4.74 Å². The number of ether oxygens (including phenoxy) is 1. The average Bonchev–Trinajstić information content (AvgIpc) is 2.53. The van der Waals surface area contributed by atoms with Gasteiger partial charge in [-0.3, -0.25) is 4.90 Å². The van der Waals surface area contributed by atoms with Crippen LogP contribution in [0, 0.1) is 0 Å². The first-order valence-corrected chi connectivity index (χ1v) is 7.66. The van der Waals surface area contributed by atoms with Crippen LogP contribution in [0.1, 0.15) is 22.3 Å². The number of morpholine rings is 1. The summed E-state index contributed by atoms with van der Waals surface area (Å²) in [6.07, 6.45) is 1.90. The van der Waals surface area contributed by atoms with Gasteiger partial charge in [0.15, 0.2) is 0 Å². The predicted molar refractivity (Wildman–Crippen MR) is 81.2 cm³/mol. The van der Waals surface area contributed by atoms with Gasteiger partial charge in [-0.2, -0.15) is 0 Å². The average molecular weight is 290 g/mol. The lowest BCUT2D eigenvalue weighted by Gasteiger charge is -2.35. The summed E-state index contributed by atoms with van der Waals surface area (Å²) >= 11 is 0. The van der Waals surface area contributed by atoms with Crippen LogP contribution in [0.4, 0.5) is 5.69 Å². The molecule has 2 aliphatic rings. The van der Waals surface area contributed by atoms with E-state index < -0.39 is 5.97 Å². The summed E-state index contributed by atoms with van der Waals surface area (Å²) in [5.41, 5.74) is 2.57. The van der Waals surface area contributed by atoms with Gasteiger partial charge in [0.2, 0.25) is 0 Å². The third kappa shape index (κ3) is 3.19. The Morgan fingerprint density at radius 1 is 1.19 bits per heavy atom. The molecule has 2 aliphatic heterocycles. The Labute approximate surface area is 125 Å². The fourth-order valence-electron chi connectivity index (χ4n) is 3.22. The van der Waals surface area contributed by atoms with Crippen molar-refractivity contribution in [2.45, 2.75) is 12.8 Å². The minimum absolute atomic E-state index is 0.462. The maximum absolute atomic E-state index is 11.3. The van der Waals surface area contributed by atoms with Gasteiger partial charge in [-0.05, 0) is 30.5 Å². The maximum atomic E-state index is 11.3. The lowest BCUT2D eigenvalue weighted by molar-refractivity contribution is 0.0391. The van der Waals surface area contributed by atoms with E-state index in [0.29, 0.717) is 5.56 Å². The SMILES string of the molecule is O=C(O)c1cccc2c1CCCN2CCN1CCOCC1. The number of nitrogens with zero attached hydrogens (tertiary/aromatic N) is 2. The zero-order chi connectivity index (χ0) is 14.7. The van der Waals surface area contributed by atoms with Crippen molar-refractivity contribution in [3.8, 4) is 0 Å². The minimum atomic E-state index is -0.818. The molecule has 0 unspecified atom stereocenters. The fourth-order valence-corrected chi connectivity index (χ4v) is 3.22. The molecular formula is C16H22N2O3. The third-order valence-corrected chi connectivity index (χ3v) is 4.37. The fraction of sp³-hybridized carbons (Fsp3) is 0.562. The Hall–Kier alpha value is -1.59. The molecule has 1 fully saturated rings. The molecule has 0 bridgehead atoms. The zero-order valence-electron chi connectivity index (χ0n) is 12.3. The van der Waals surface area contributed by atoms with Crippen molar-refractivity contribution in [1.82, 2.24) is 4.90 Å². The van der Waals surface area contributed by atoms with E-state index in [2.05, 4.69) is 15.9 Å². The van der Waals surface area contributed by atoms with Gasteiger partial charge in [-0.1, -0.05) is 6.07 Å². The monoisotopic (exact) mass is 290 g/mol. The van der Waals surface area contributed by atoms with Gasteiger partial charge in [-0.15, -0.1) is 0 Å². The molecule has 21 heavy (non-hydrogen) atoms. The van der Waals surface area contributed by atoms with Gasteiger partial charge < -0.3 is 14.7 Å². The number of benzene rings is 1. The second-order valence-electron chi connectivity index (χ2n) is 5.65. The molecule has 0 atom stereocenters. The molecular weight excluding hydrogens is 268 g/mol. The number of fused-ring (bicyclic) bond motifs is 1. The summed E-state index contributed by atoms with van der Waals surface area (Å²) in [6, 6.07) is 5.63. The van der Waals surface area contributed by atoms with Gasteiger partial charge in [0.1, 0.15) is 0 Å². The molecule has 0 radical (unpaired) electrons. The van der Waals surface area contributed by atoms with E-state index >= 15 is 0 Å². The number of aromatic carboxylic acids is 1. The number of hydrogen-bond acceptors (Lipinski definition) is 4. The Kier molecular flexibility index (Phi) is 4.41. The Bertz CT molecular complexity index is 512. The van der Waals surface area contributed by atoms with Crippen molar-refractivity contribution < 1.29 is 14.6 Å². The van der Waals surface area contributed by atoms with Gasteiger partial charge >= 0.3 is 5.97 Å². The number of carboxylic acid groups (broad SMARTS) is 1. The van der Waals surface area contributed by atoms with Crippen LogP contribution in [-0.2, 0) is 11.2 Å². The number of rotatable bonds is 4. The standard InChI is InChI=1S/C16H22N2O3/c19-16(20)14-3-1-5-15-13(14)4-2-6-18(15)8-7-17-9-11-21-12-10-17/h1,3,5H,2,4,6-12H2,(H,19,20). The summed E-state index contributed by atoms with van der Waals surface area (Å²) < 4.78 is 5.37. The highest BCUT2D eigenvalue weighted by Gasteiger charge is 2.22. The van der Waals surface area contributed by atoms with Gasteiger partial charge in [0, 0.05) is 38.4 Å². The van der Waals surface area contributed by atoms with E-state index in [0.717, 1.165) is 70.0 Å². The third-order valence-electron chi connectivity index (χ3n) is 4.37. The van der Waals surface area contributed by atoms with Crippen LogP contribution >= 0.6 is 0 Å². The first-order valence-electron chi connectivity index (χ1n) is 7.66. The Balaban J connectivity index is 1.71. The summed E-state index contributed by atoms with van der Waals surface area (Å²) in [5, 5.41) is 9.32. The Morgan fingerprint density at radius 2 is 2.00 bits per heavy atom. The van der Waals surface area contributed by atoms with Gasteiger partial charge in [0.25, 0.3) is 0 Å². The first kappa shape index (κ1) is 14.4. The van der Waals surface area contributed by atoms with Crippen LogP contribution in [0.2, 0.25) is 0 Å². The Morgan fingerprint density at radius 3 is 2.76 bits per heavy atom. The molecule has 1 aromatic carbocycles. The van der Waals surface area contributed by atoms with Crippen LogP contribution in [0.3, 0.4) is 0 Å². The topological polar surface area (TPSA) is 53.0 Å². The first-order chi connectivity index (χ1) is 10.3. The minimum Gasteiger partial charge on any atom is -0.478 e. The number of carbonyl (C=O) groups is 1. The van der Waals surface area contributed by atoms with E-state index in [1.165, 1.54) is 0 Å². The highest BCUT2D eigenvalue weighted by molar-refractivity contribution is 5.91. The van der Waals surface area contributed by atoms with E-state index in [1.54, 1.807) is 6.07 Å². The zero-order valence-corrected chi connectivity index (χ0v) is 12.3. The summed E-state index contributed by atoms with van der Waals surface area (Å²) in [4.78, 5) is 16.1. The smallest absolute Gasteiger partial charge is 0.336 e. The normalized spacial score (nSPS) is 19.3. The second-order valence-corrected chi connectivity index (χ2v) is 5.65. The lowest BCUT2D eigenvalue weighted by atomic mass is 9.96. The van der Waals surface area contributed by atoms with Crippen LogP contribution in [0.5, 0.6) is 0 Å². The summed E-state index contributed by atoms with van der Waals surface area (Å²) in [6.45, 7) is 6.61. The van der Waals surface area contributed by atoms with Crippen molar-refractivity contribution in [2.75, 3.05) is 50.8 Å². The van der Waals surface area contributed by atoms with Gasteiger partial charge in [0.05, 0.1) is 18.8 Å². The molecule has 5 heteroatoms. The predicted octanol–water partition coefficient (Wildman–Crippen LogP) is 1.47. The number of hydrogen-bond donors (Lipinski definition) is 1.